The fourth-order valence-electron chi connectivity index (χ4n) is 2.69. The van der Waals surface area contributed by atoms with Crippen LogP contribution in [-0.2, 0) is 14.2 Å². The maximum absolute atomic E-state index is 11.9. The van der Waals surface area contributed by atoms with Gasteiger partial charge in [0.2, 0.25) is 5.95 Å². The van der Waals surface area contributed by atoms with Crippen LogP contribution in [0.3, 0.4) is 0 Å². The van der Waals surface area contributed by atoms with Gasteiger partial charge in [-0.2, -0.15) is 4.98 Å². The molecule has 3 atom stereocenters. The van der Waals surface area contributed by atoms with Gasteiger partial charge in [-0.3, -0.25) is 14.3 Å². The Morgan fingerprint density at radius 2 is 2.36 bits per heavy atom. The third kappa shape index (κ3) is 3.97. The fraction of sp³-hybridized carbons (Fsp3) is 0.533. The van der Waals surface area contributed by atoms with Gasteiger partial charge in [-0.25, -0.2) is 4.98 Å². The number of imidazole rings is 1. The average Bonchev–Trinajstić information content (AvgIpc) is 3.19. The summed E-state index contributed by atoms with van der Waals surface area (Å²) in [5.41, 5.74) is 5.74. The summed E-state index contributed by atoms with van der Waals surface area (Å²) in [5, 5.41) is 7.00. The van der Waals surface area contributed by atoms with Crippen LogP contribution in [0.4, 0.5) is 5.95 Å². The number of nitrogens with one attached hydrogen (secondary N) is 1. The summed E-state index contributed by atoms with van der Waals surface area (Å²) in [6.07, 6.45) is 6.39. The zero-order chi connectivity index (χ0) is 18.4. The van der Waals surface area contributed by atoms with Crippen LogP contribution in [0.1, 0.15) is 12.6 Å². The van der Waals surface area contributed by atoms with Gasteiger partial charge in [0.1, 0.15) is 12.7 Å². The highest BCUT2D eigenvalue weighted by Crippen LogP contribution is 2.32. The van der Waals surface area contributed by atoms with Gasteiger partial charge >= 0.3 is 0 Å². The summed E-state index contributed by atoms with van der Waals surface area (Å²) in [6, 6.07) is 0. The molecule has 0 bridgehead atoms. The van der Waals surface area contributed by atoms with Crippen molar-refractivity contribution in [2.75, 3.05) is 33.2 Å². The van der Waals surface area contributed by atoms with Gasteiger partial charge in [-0.05, 0) is 0 Å². The number of aromatic amines is 1. The molecule has 1 saturated heterocycles. The second kappa shape index (κ2) is 8.59. The van der Waals surface area contributed by atoms with Crippen LogP contribution in [0.25, 0.3) is 11.2 Å². The third-order valence-electron chi connectivity index (χ3n) is 3.60. The van der Waals surface area contributed by atoms with Gasteiger partial charge in [0.05, 0.1) is 19.0 Å². The number of aromatic nitrogens is 4. The van der Waals surface area contributed by atoms with E-state index in [4.69, 9.17) is 31.5 Å². The smallest absolute Gasteiger partial charge is 0.280 e. The van der Waals surface area contributed by atoms with E-state index in [1.807, 2.05) is 0 Å². The molecule has 0 spiro atoms. The summed E-state index contributed by atoms with van der Waals surface area (Å²) in [5.74, 6) is 2.45. The molecule has 2 aromatic rings. The van der Waals surface area contributed by atoms with Crippen molar-refractivity contribution in [1.82, 2.24) is 19.5 Å². The number of H-pyrrole nitrogens is 1. The number of rotatable bonds is 5. The van der Waals surface area contributed by atoms with Crippen molar-refractivity contribution < 1.29 is 19.3 Å². The van der Waals surface area contributed by atoms with Gasteiger partial charge in [0.15, 0.2) is 17.4 Å². The number of terminal acetylenes is 1. The molecule has 1 aliphatic rings. The quantitative estimate of drug-likeness (QED) is 0.599. The summed E-state index contributed by atoms with van der Waals surface area (Å²) < 4.78 is 18.4. The zero-order valence-electron chi connectivity index (χ0n) is 14.0. The minimum atomic E-state index is -0.512. The molecular weight excluding hydrogens is 330 g/mol. The zero-order valence-corrected chi connectivity index (χ0v) is 14.0. The Morgan fingerprint density at radius 3 is 3.04 bits per heavy atom. The second-order valence-electron chi connectivity index (χ2n) is 5.17. The van der Waals surface area contributed by atoms with Crippen molar-refractivity contribution in [3.05, 3.63) is 16.7 Å². The first-order valence-electron chi connectivity index (χ1n) is 7.50. The van der Waals surface area contributed by atoms with E-state index < -0.39 is 11.8 Å². The van der Waals surface area contributed by atoms with E-state index in [1.54, 1.807) is 11.7 Å². The van der Waals surface area contributed by atoms with Crippen LogP contribution in [0.5, 0.6) is 0 Å². The molecule has 10 heteroatoms. The fourth-order valence-corrected chi connectivity index (χ4v) is 2.69. The lowest BCUT2D eigenvalue weighted by molar-refractivity contribution is -0.0670. The standard InChI is InChI=1S/C14H17N5O4.CH4O/c1-3-4-22-9-5-8(6-21-2)23-13(9)19-7-16-10-11(19)17-14(15)18-12(10)20;1-2/h1,7-9,13H,4-6H2,2H3,(H3,15,17,18,20);2H,1H3/t8-,9?,13+;/m0./s1. The van der Waals surface area contributed by atoms with E-state index >= 15 is 0 Å². The number of fused-ring (bicyclic) bond motifs is 1. The van der Waals surface area contributed by atoms with Crippen molar-refractivity contribution in [2.45, 2.75) is 24.9 Å². The summed E-state index contributed by atoms with van der Waals surface area (Å²) in [7, 11) is 2.60. The minimum absolute atomic E-state index is 0.0109. The lowest BCUT2D eigenvalue weighted by Gasteiger charge is -2.19. The molecule has 0 radical (unpaired) electrons. The number of aliphatic hydroxyl groups is 1. The Morgan fingerprint density at radius 1 is 1.60 bits per heavy atom. The van der Waals surface area contributed by atoms with Crippen LogP contribution in [-0.4, -0.2) is 64.3 Å². The number of methoxy groups -OCH3 is 1. The molecule has 0 amide bonds. The highest BCUT2D eigenvalue weighted by atomic mass is 16.6. The summed E-state index contributed by atoms with van der Waals surface area (Å²) >= 11 is 0. The number of nitrogens with zero attached hydrogens (tertiary/aromatic N) is 3. The molecule has 10 nitrogen and oxygen atoms in total. The van der Waals surface area contributed by atoms with Crippen molar-refractivity contribution in [2.24, 2.45) is 0 Å². The summed E-state index contributed by atoms with van der Waals surface area (Å²) in [6.45, 7) is 0.586. The Balaban J connectivity index is 0.00000109. The predicted molar refractivity (Wildman–Crippen MR) is 89.7 cm³/mol. The largest absolute Gasteiger partial charge is 0.400 e. The van der Waals surface area contributed by atoms with Crippen LogP contribution in [0.15, 0.2) is 11.1 Å². The number of hydrogen-bond acceptors (Lipinski definition) is 8. The molecule has 4 N–H and O–H groups in total. The van der Waals surface area contributed by atoms with Crippen molar-refractivity contribution in [3.8, 4) is 12.3 Å². The van der Waals surface area contributed by atoms with Crippen LogP contribution in [0.2, 0.25) is 0 Å². The van der Waals surface area contributed by atoms with Gasteiger partial charge < -0.3 is 25.1 Å². The highest BCUT2D eigenvalue weighted by molar-refractivity contribution is 5.70. The molecule has 0 saturated carbocycles. The van der Waals surface area contributed by atoms with E-state index in [0.29, 0.717) is 18.7 Å². The third-order valence-corrected chi connectivity index (χ3v) is 3.60. The van der Waals surface area contributed by atoms with Gasteiger partial charge in [-0.1, -0.05) is 5.92 Å². The molecular formula is C15H21N5O5. The van der Waals surface area contributed by atoms with Gasteiger partial charge in [-0.15, -0.1) is 6.42 Å². The molecule has 1 fully saturated rings. The molecule has 1 unspecified atom stereocenters. The number of ether oxygens (including phenoxy) is 3. The number of nitrogen functional groups attached to an aromatic ring is 1. The normalized spacial score (nSPS) is 22.4. The van der Waals surface area contributed by atoms with Crippen molar-refractivity contribution in [3.63, 3.8) is 0 Å². The molecule has 0 aromatic carbocycles. The molecule has 0 aliphatic carbocycles. The van der Waals surface area contributed by atoms with E-state index in [0.717, 1.165) is 7.11 Å². The van der Waals surface area contributed by atoms with Crippen LogP contribution >= 0.6 is 0 Å². The van der Waals surface area contributed by atoms with E-state index in [2.05, 4.69) is 20.9 Å². The Hall–Kier alpha value is -2.45. The van der Waals surface area contributed by atoms with Crippen molar-refractivity contribution >= 4 is 17.1 Å². The van der Waals surface area contributed by atoms with Gasteiger partial charge in [0, 0.05) is 20.6 Å². The first-order valence-corrected chi connectivity index (χ1v) is 7.50. The second-order valence-corrected chi connectivity index (χ2v) is 5.17. The molecule has 3 rings (SSSR count). The van der Waals surface area contributed by atoms with Crippen LogP contribution in [0, 0.1) is 12.3 Å². The Bertz CT molecular complexity index is 796. The lowest BCUT2D eigenvalue weighted by Crippen LogP contribution is -2.23. The first-order chi connectivity index (χ1) is 12.1. The molecule has 2 aromatic heterocycles. The molecule has 136 valence electrons. The molecule has 1 aliphatic heterocycles. The maximum Gasteiger partial charge on any atom is 0.280 e. The van der Waals surface area contributed by atoms with Crippen LogP contribution < -0.4 is 11.3 Å². The average molecular weight is 351 g/mol. The predicted octanol–water partition coefficient (Wildman–Crippen LogP) is -0.737. The highest BCUT2D eigenvalue weighted by Gasteiger charge is 2.38. The van der Waals surface area contributed by atoms with E-state index in [1.165, 1.54) is 6.33 Å². The Kier molecular flexibility index (Phi) is 6.49. The molecule has 25 heavy (non-hydrogen) atoms. The number of aliphatic hydroxyl groups excluding tert-OH is 1. The number of hydrogen-bond donors (Lipinski definition) is 3. The topological polar surface area (TPSA) is 138 Å². The van der Waals surface area contributed by atoms with Crippen molar-refractivity contribution in [1.29, 1.82) is 0 Å². The van der Waals surface area contributed by atoms with Gasteiger partial charge in [0.25, 0.3) is 5.56 Å². The number of anilines is 1. The maximum atomic E-state index is 11.9. The first kappa shape index (κ1) is 18.9. The SMILES string of the molecule is C#CCOC1C[C@@H](COC)O[C@H]1n1cnc2c(=O)[nH]c(N)nc21.CO. The summed E-state index contributed by atoms with van der Waals surface area (Å²) in [4.78, 5) is 22.5. The number of nitrogens with two attached hydrogens (primary N) is 1. The minimum Gasteiger partial charge on any atom is -0.400 e. The van der Waals surface area contributed by atoms with E-state index in [-0.39, 0.29) is 30.3 Å². The van der Waals surface area contributed by atoms with E-state index in [9.17, 15) is 4.79 Å². The lowest BCUT2D eigenvalue weighted by atomic mass is 10.2. The monoisotopic (exact) mass is 351 g/mol. The molecule has 3 heterocycles. The Labute approximate surface area is 143 Å².